The predicted octanol–water partition coefficient (Wildman–Crippen LogP) is 3.63. The third-order valence-corrected chi connectivity index (χ3v) is 3.71. The normalized spacial score (nSPS) is 11.8. The molecule has 0 aliphatic carbocycles. The van der Waals surface area contributed by atoms with Gasteiger partial charge in [-0.2, -0.15) is 11.8 Å². The molecule has 21 heavy (non-hydrogen) atoms. The van der Waals surface area contributed by atoms with Gasteiger partial charge in [0.15, 0.2) is 5.96 Å². The smallest absolute Gasteiger partial charge is 0.191 e. The molecule has 5 heteroatoms. The molecule has 0 fully saturated rings. The molecule has 0 amide bonds. The van der Waals surface area contributed by atoms with Crippen LogP contribution in [0.2, 0.25) is 0 Å². The summed E-state index contributed by atoms with van der Waals surface area (Å²) >= 11 is 1.83. The van der Waals surface area contributed by atoms with Gasteiger partial charge in [-0.05, 0) is 22.8 Å². The minimum Gasteiger partial charge on any atom is -0.356 e. The molecule has 0 heterocycles. The van der Waals surface area contributed by atoms with Crippen LogP contribution in [0, 0.1) is 0 Å². The maximum atomic E-state index is 4.22. The van der Waals surface area contributed by atoms with Crippen molar-refractivity contribution in [2.75, 3.05) is 25.6 Å². The lowest BCUT2D eigenvalue weighted by molar-refractivity contribution is 0.590. The largest absolute Gasteiger partial charge is 0.356 e. The molecule has 1 rings (SSSR count). The van der Waals surface area contributed by atoms with E-state index in [1.807, 2.05) is 11.8 Å². The molecule has 0 saturated heterocycles. The summed E-state index contributed by atoms with van der Waals surface area (Å²) in [6.45, 7) is 8.43. The summed E-state index contributed by atoms with van der Waals surface area (Å²) in [6.07, 6.45) is 2.11. The molecule has 0 aliphatic heterocycles. The number of benzene rings is 1. The lowest BCUT2D eigenvalue weighted by atomic mass is 9.87. The van der Waals surface area contributed by atoms with Gasteiger partial charge in [-0.15, -0.1) is 24.0 Å². The number of hydrogen-bond donors (Lipinski definition) is 2. The second kappa shape index (κ2) is 10.3. The van der Waals surface area contributed by atoms with Gasteiger partial charge >= 0.3 is 0 Å². The first-order chi connectivity index (χ1) is 9.47. The van der Waals surface area contributed by atoms with Crippen LogP contribution < -0.4 is 10.6 Å². The molecule has 3 nitrogen and oxygen atoms in total. The van der Waals surface area contributed by atoms with Crippen molar-refractivity contribution in [3.63, 3.8) is 0 Å². The molecule has 0 aromatic heterocycles. The SMILES string of the molecule is CN=C(NCCSC)NCc1ccc(C(C)(C)C)cc1.I. The minimum absolute atomic E-state index is 0. The minimum atomic E-state index is 0. The van der Waals surface area contributed by atoms with Crippen LogP contribution in [-0.4, -0.2) is 31.6 Å². The number of halogens is 1. The van der Waals surface area contributed by atoms with Gasteiger partial charge in [0.2, 0.25) is 0 Å². The van der Waals surface area contributed by atoms with Crippen molar-refractivity contribution in [1.82, 2.24) is 10.6 Å². The zero-order chi connectivity index (χ0) is 15.0. The molecule has 0 saturated carbocycles. The van der Waals surface area contributed by atoms with E-state index < -0.39 is 0 Å². The summed E-state index contributed by atoms with van der Waals surface area (Å²) in [5, 5.41) is 6.63. The number of nitrogens with one attached hydrogen (secondary N) is 2. The first kappa shape index (κ1) is 20.6. The number of hydrogen-bond acceptors (Lipinski definition) is 2. The standard InChI is InChI=1S/C16H27N3S.HI/c1-16(2,3)14-8-6-13(7-9-14)12-19-15(17-4)18-10-11-20-5;/h6-9H,10-12H2,1-5H3,(H2,17,18,19);1H. The van der Waals surface area contributed by atoms with E-state index in [0.717, 1.165) is 24.8 Å². The van der Waals surface area contributed by atoms with Gasteiger partial charge in [0.25, 0.3) is 0 Å². The van der Waals surface area contributed by atoms with Crippen LogP contribution >= 0.6 is 35.7 Å². The molecule has 1 aromatic rings. The molecular formula is C16H28IN3S. The maximum absolute atomic E-state index is 4.22. The van der Waals surface area contributed by atoms with Gasteiger partial charge in [-0.3, -0.25) is 4.99 Å². The van der Waals surface area contributed by atoms with Gasteiger partial charge in [-0.25, -0.2) is 0 Å². The summed E-state index contributed by atoms with van der Waals surface area (Å²) in [5.41, 5.74) is 2.84. The quantitative estimate of drug-likeness (QED) is 0.330. The summed E-state index contributed by atoms with van der Waals surface area (Å²) in [5.74, 6) is 1.94. The Hall–Kier alpha value is -0.430. The number of aliphatic imine (C=N–C) groups is 1. The number of rotatable bonds is 5. The summed E-state index contributed by atoms with van der Waals surface area (Å²) in [7, 11) is 1.80. The van der Waals surface area contributed by atoms with Gasteiger partial charge in [0.05, 0.1) is 0 Å². The fourth-order valence-electron chi connectivity index (χ4n) is 1.80. The summed E-state index contributed by atoms with van der Waals surface area (Å²) < 4.78 is 0. The van der Waals surface area contributed by atoms with Crippen LogP contribution in [0.3, 0.4) is 0 Å². The highest BCUT2D eigenvalue weighted by Crippen LogP contribution is 2.22. The first-order valence-electron chi connectivity index (χ1n) is 7.00. The zero-order valence-electron chi connectivity index (χ0n) is 13.7. The van der Waals surface area contributed by atoms with Crippen LogP contribution in [0.4, 0.5) is 0 Å². The van der Waals surface area contributed by atoms with E-state index in [0.29, 0.717) is 0 Å². The molecule has 120 valence electrons. The number of nitrogens with zero attached hydrogens (tertiary/aromatic N) is 1. The highest BCUT2D eigenvalue weighted by molar-refractivity contribution is 14.0. The van der Waals surface area contributed by atoms with Crippen molar-refractivity contribution < 1.29 is 0 Å². The van der Waals surface area contributed by atoms with E-state index in [1.165, 1.54) is 11.1 Å². The molecule has 0 spiro atoms. The molecular weight excluding hydrogens is 393 g/mol. The van der Waals surface area contributed by atoms with Crippen molar-refractivity contribution >= 4 is 41.7 Å². The third-order valence-electron chi connectivity index (χ3n) is 3.10. The van der Waals surface area contributed by atoms with Crippen LogP contribution in [-0.2, 0) is 12.0 Å². The average molecular weight is 421 g/mol. The Morgan fingerprint density at radius 1 is 1.14 bits per heavy atom. The van der Waals surface area contributed by atoms with E-state index in [9.17, 15) is 0 Å². The topological polar surface area (TPSA) is 36.4 Å². The van der Waals surface area contributed by atoms with Crippen LogP contribution in [0.15, 0.2) is 29.3 Å². The zero-order valence-corrected chi connectivity index (χ0v) is 16.8. The Bertz CT molecular complexity index is 424. The van der Waals surface area contributed by atoms with E-state index >= 15 is 0 Å². The molecule has 0 atom stereocenters. The highest BCUT2D eigenvalue weighted by Gasteiger charge is 2.12. The van der Waals surface area contributed by atoms with Crippen molar-refractivity contribution in [1.29, 1.82) is 0 Å². The molecule has 1 aromatic carbocycles. The van der Waals surface area contributed by atoms with E-state index in [-0.39, 0.29) is 29.4 Å². The summed E-state index contributed by atoms with van der Waals surface area (Å²) in [4.78, 5) is 4.22. The Kier molecular flexibility index (Phi) is 10.1. The number of thioether (sulfide) groups is 1. The molecule has 0 aliphatic rings. The Balaban J connectivity index is 0.00000400. The van der Waals surface area contributed by atoms with Gasteiger partial charge in [-0.1, -0.05) is 45.0 Å². The van der Waals surface area contributed by atoms with Crippen molar-refractivity contribution in [2.45, 2.75) is 32.7 Å². The van der Waals surface area contributed by atoms with Crippen molar-refractivity contribution in [2.24, 2.45) is 4.99 Å². The van der Waals surface area contributed by atoms with Crippen LogP contribution in [0.1, 0.15) is 31.9 Å². The van der Waals surface area contributed by atoms with E-state index in [1.54, 1.807) is 7.05 Å². The van der Waals surface area contributed by atoms with Gasteiger partial charge in [0, 0.05) is 25.9 Å². The molecule has 2 N–H and O–H groups in total. The molecule has 0 radical (unpaired) electrons. The summed E-state index contributed by atoms with van der Waals surface area (Å²) in [6, 6.07) is 8.79. The Morgan fingerprint density at radius 3 is 2.24 bits per heavy atom. The lowest BCUT2D eigenvalue weighted by Gasteiger charge is -2.19. The monoisotopic (exact) mass is 421 g/mol. The van der Waals surface area contributed by atoms with Gasteiger partial charge in [0.1, 0.15) is 0 Å². The van der Waals surface area contributed by atoms with Crippen LogP contribution in [0.5, 0.6) is 0 Å². The van der Waals surface area contributed by atoms with Crippen LogP contribution in [0.25, 0.3) is 0 Å². The lowest BCUT2D eigenvalue weighted by Crippen LogP contribution is -2.37. The second-order valence-corrected chi connectivity index (χ2v) is 6.78. The highest BCUT2D eigenvalue weighted by atomic mass is 127. The Labute approximate surface area is 150 Å². The van der Waals surface area contributed by atoms with Gasteiger partial charge < -0.3 is 10.6 Å². The fraction of sp³-hybridized carbons (Fsp3) is 0.562. The molecule has 0 unspecified atom stereocenters. The van der Waals surface area contributed by atoms with Crippen molar-refractivity contribution in [3.05, 3.63) is 35.4 Å². The second-order valence-electron chi connectivity index (χ2n) is 5.79. The average Bonchev–Trinajstić information content (AvgIpc) is 2.42. The van der Waals surface area contributed by atoms with E-state index in [2.05, 4.69) is 66.9 Å². The number of guanidine groups is 1. The fourth-order valence-corrected chi connectivity index (χ4v) is 2.11. The molecule has 0 bridgehead atoms. The van der Waals surface area contributed by atoms with E-state index in [4.69, 9.17) is 0 Å². The maximum Gasteiger partial charge on any atom is 0.191 e. The van der Waals surface area contributed by atoms with Crippen molar-refractivity contribution in [3.8, 4) is 0 Å². The first-order valence-corrected chi connectivity index (χ1v) is 8.39. The predicted molar refractivity (Wildman–Crippen MR) is 107 cm³/mol. The Morgan fingerprint density at radius 2 is 1.76 bits per heavy atom. The third kappa shape index (κ3) is 7.95.